The molecule has 1 amide bonds. The first kappa shape index (κ1) is 21.5. The van der Waals surface area contributed by atoms with Gasteiger partial charge in [-0.2, -0.15) is 0 Å². The zero-order chi connectivity index (χ0) is 20.3. The van der Waals surface area contributed by atoms with Crippen molar-refractivity contribution in [3.8, 4) is 5.88 Å². The van der Waals surface area contributed by atoms with Crippen molar-refractivity contribution in [2.24, 2.45) is 11.8 Å². The van der Waals surface area contributed by atoms with Crippen LogP contribution in [0.1, 0.15) is 49.9 Å². The molecule has 28 heavy (non-hydrogen) atoms. The number of fused-ring (bicyclic) bond motifs is 1. The molecule has 3 atom stereocenters. The van der Waals surface area contributed by atoms with Crippen LogP contribution in [0, 0.1) is 11.8 Å². The van der Waals surface area contributed by atoms with E-state index in [1.165, 1.54) is 25.7 Å². The molecule has 6 nitrogen and oxygen atoms in total. The van der Waals surface area contributed by atoms with E-state index in [0.29, 0.717) is 18.0 Å². The van der Waals surface area contributed by atoms with E-state index < -0.39 is 0 Å². The lowest BCUT2D eigenvalue weighted by Crippen LogP contribution is -2.50. The summed E-state index contributed by atoms with van der Waals surface area (Å²) in [6, 6.07) is 1.51. The molecule has 1 aliphatic carbocycles. The molecule has 156 valence electrons. The van der Waals surface area contributed by atoms with Gasteiger partial charge < -0.3 is 19.6 Å². The second-order valence-electron chi connectivity index (χ2n) is 8.50. The minimum absolute atomic E-state index is 0.0671. The Morgan fingerprint density at radius 2 is 2.11 bits per heavy atom. The summed E-state index contributed by atoms with van der Waals surface area (Å²) in [7, 11) is 2.16. The van der Waals surface area contributed by atoms with E-state index in [0.717, 1.165) is 23.5 Å². The standard InChI is InChI=1S/C21H32BrN3O3/c1-14-10-25(15(2)13-26)21(27)18-8-17(22)9-23-20(18)28-19(14)12-24(3)11-16-6-4-5-7-16/h8-9,14-16,19,26H,4-7,10-13H2,1-3H3/t14-,15-,19-/m1/s1. The van der Waals surface area contributed by atoms with Crippen LogP contribution in [0.5, 0.6) is 5.88 Å². The number of nitrogens with zero attached hydrogens (tertiary/aromatic N) is 3. The molecule has 7 heteroatoms. The first-order valence-electron chi connectivity index (χ1n) is 10.3. The van der Waals surface area contributed by atoms with E-state index in [9.17, 15) is 9.90 Å². The SMILES string of the molecule is C[C@@H]1CN([C@H](C)CO)C(=O)c2cc(Br)cnc2O[C@@H]1CN(C)CC1CCCC1. The highest BCUT2D eigenvalue weighted by atomic mass is 79.9. The molecule has 1 aliphatic heterocycles. The third-order valence-corrected chi connectivity index (χ3v) is 6.46. The summed E-state index contributed by atoms with van der Waals surface area (Å²) in [6.07, 6.45) is 6.92. The third kappa shape index (κ3) is 5.05. The number of amides is 1. The predicted octanol–water partition coefficient (Wildman–Crippen LogP) is 3.19. The molecule has 0 saturated heterocycles. The summed E-state index contributed by atoms with van der Waals surface area (Å²) in [5.74, 6) is 1.15. The van der Waals surface area contributed by atoms with Crippen molar-refractivity contribution in [1.29, 1.82) is 0 Å². The van der Waals surface area contributed by atoms with Crippen molar-refractivity contribution in [2.45, 2.75) is 51.7 Å². The molecule has 1 aromatic rings. The molecular weight excluding hydrogens is 422 g/mol. The van der Waals surface area contributed by atoms with Gasteiger partial charge in [0.1, 0.15) is 11.7 Å². The highest BCUT2D eigenvalue weighted by molar-refractivity contribution is 9.10. The molecule has 2 heterocycles. The maximum absolute atomic E-state index is 13.1. The summed E-state index contributed by atoms with van der Waals surface area (Å²) in [5.41, 5.74) is 0.449. The lowest BCUT2D eigenvalue weighted by molar-refractivity contribution is 0.0319. The highest BCUT2D eigenvalue weighted by Gasteiger charge is 2.34. The molecule has 1 saturated carbocycles. The van der Waals surface area contributed by atoms with Gasteiger partial charge in [0.05, 0.1) is 12.6 Å². The van der Waals surface area contributed by atoms with Gasteiger partial charge in [-0.3, -0.25) is 4.79 Å². The van der Waals surface area contributed by atoms with Crippen LogP contribution in [0.25, 0.3) is 0 Å². The number of halogens is 1. The molecule has 0 bridgehead atoms. The molecule has 0 unspecified atom stereocenters. The number of pyridine rings is 1. The molecule has 1 N–H and O–H groups in total. The first-order chi connectivity index (χ1) is 13.4. The van der Waals surface area contributed by atoms with Gasteiger partial charge in [0.2, 0.25) is 5.88 Å². The summed E-state index contributed by atoms with van der Waals surface area (Å²) in [4.78, 5) is 21.6. The maximum atomic E-state index is 13.1. The Balaban J connectivity index is 1.82. The molecule has 0 spiro atoms. The minimum atomic E-state index is -0.253. The number of carbonyl (C=O) groups excluding carboxylic acids is 1. The van der Waals surface area contributed by atoms with E-state index in [-0.39, 0.29) is 30.6 Å². The number of aliphatic hydroxyl groups excluding tert-OH is 1. The number of ether oxygens (including phenoxy) is 1. The molecule has 0 aromatic carbocycles. The highest BCUT2D eigenvalue weighted by Crippen LogP contribution is 2.29. The molecule has 3 rings (SSSR count). The number of aliphatic hydroxyl groups is 1. The van der Waals surface area contributed by atoms with Gasteiger partial charge in [-0.25, -0.2) is 4.98 Å². The van der Waals surface area contributed by atoms with E-state index in [4.69, 9.17) is 4.74 Å². The van der Waals surface area contributed by atoms with Crippen molar-refractivity contribution in [3.05, 3.63) is 22.3 Å². The van der Waals surface area contributed by atoms with Crippen molar-refractivity contribution >= 4 is 21.8 Å². The predicted molar refractivity (Wildman–Crippen MR) is 113 cm³/mol. The average molecular weight is 454 g/mol. The Hall–Kier alpha value is -1.18. The van der Waals surface area contributed by atoms with Gasteiger partial charge in [0.25, 0.3) is 5.91 Å². The van der Waals surface area contributed by atoms with Gasteiger partial charge in [-0.1, -0.05) is 19.8 Å². The monoisotopic (exact) mass is 453 g/mol. The second-order valence-corrected chi connectivity index (χ2v) is 9.42. The van der Waals surface area contributed by atoms with Gasteiger partial charge in [0.15, 0.2) is 0 Å². The number of rotatable bonds is 6. The van der Waals surface area contributed by atoms with Crippen molar-refractivity contribution in [2.75, 3.05) is 33.3 Å². The van der Waals surface area contributed by atoms with Crippen molar-refractivity contribution < 1.29 is 14.6 Å². The van der Waals surface area contributed by atoms with Crippen LogP contribution in [0.3, 0.4) is 0 Å². The Morgan fingerprint density at radius 3 is 2.79 bits per heavy atom. The lowest BCUT2D eigenvalue weighted by atomic mass is 9.99. The van der Waals surface area contributed by atoms with E-state index in [1.54, 1.807) is 17.2 Å². The number of hydrogen-bond donors (Lipinski definition) is 1. The number of aromatic nitrogens is 1. The summed E-state index contributed by atoms with van der Waals surface area (Å²) in [5, 5.41) is 9.67. The van der Waals surface area contributed by atoms with Crippen LogP contribution in [0.15, 0.2) is 16.7 Å². The maximum Gasteiger partial charge on any atom is 0.259 e. The number of carbonyl (C=O) groups is 1. The molecule has 0 radical (unpaired) electrons. The van der Waals surface area contributed by atoms with Crippen molar-refractivity contribution in [3.63, 3.8) is 0 Å². The van der Waals surface area contributed by atoms with Gasteiger partial charge >= 0.3 is 0 Å². The number of likely N-dealkylation sites (N-methyl/N-ethyl adjacent to an activating group) is 1. The fourth-order valence-electron chi connectivity index (χ4n) is 4.31. The van der Waals surface area contributed by atoms with Crippen LogP contribution in [0.4, 0.5) is 0 Å². The lowest BCUT2D eigenvalue weighted by Gasteiger charge is -2.38. The fourth-order valence-corrected chi connectivity index (χ4v) is 4.64. The van der Waals surface area contributed by atoms with Crippen LogP contribution in [-0.2, 0) is 0 Å². The van der Waals surface area contributed by atoms with Crippen LogP contribution in [0.2, 0.25) is 0 Å². The van der Waals surface area contributed by atoms with Crippen LogP contribution >= 0.6 is 15.9 Å². The summed E-state index contributed by atoms with van der Waals surface area (Å²) in [6.45, 7) is 6.35. The topological polar surface area (TPSA) is 65.9 Å². The summed E-state index contributed by atoms with van der Waals surface area (Å²) < 4.78 is 7.03. The minimum Gasteiger partial charge on any atom is -0.472 e. The van der Waals surface area contributed by atoms with E-state index in [1.807, 2.05) is 6.92 Å². The average Bonchev–Trinajstić information content (AvgIpc) is 3.17. The quantitative estimate of drug-likeness (QED) is 0.716. The third-order valence-electron chi connectivity index (χ3n) is 6.02. The van der Waals surface area contributed by atoms with Crippen molar-refractivity contribution in [1.82, 2.24) is 14.8 Å². The molecule has 2 aliphatic rings. The van der Waals surface area contributed by atoms with E-state index in [2.05, 4.69) is 39.8 Å². The van der Waals surface area contributed by atoms with E-state index >= 15 is 0 Å². The summed E-state index contributed by atoms with van der Waals surface area (Å²) >= 11 is 3.41. The fraction of sp³-hybridized carbons (Fsp3) is 0.714. The van der Waals surface area contributed by atoms with Gasteiger partial charge in [0, 0.05) is 36.2 Å². The molecule has 1 fully saturated rings. The molecule has 1 aromatic heterocycles. The van der Waals surface area contributed by atoms with Gasteiger partial charge in [-0.05, 0) is 54.7 Å². The largest absolute Gasteiger partial charge is 0.472 e. The Bertz CT molecular complexity index is 681. The van der Waals surface area contributed by atoms with Crippen LogP contribution in [-0.4, -0.2) is 71.2 Å². The normalized spacial score (nSPS) is 24.6. The zero-order valence-electron chi connectivity index (χ0n) is 17.1. The zero-order valence-corrected chi connectivity index (χ0v) is 18.7. The number of hydrogen-bond acceptors (Lipinski definition) is 5. The Morgan fingerprint density at radius 1 is 1.39 bits per heavy atom. The van der Waals surface area contributed by atoms with Crippen LogP contribution < -0.4 is 4.74 Å². The molecular formula is C21H32BrN3O3. The second kappa shape index (κ2) is 9.55. The Kier molecular flexibility index (Phi) is 7.34. The van der Waals surface area contributed by atoms with Gasteiger partial charge in [-0.15, -0.1) is 0 Å². The first-order valence-corrected chi connectivity index (χ1v) is 11.1. The Labute approximate surface area is 176 Å². The smallest absolute Gasteiger partial charge is 0.259 e.